The molecule has 1 aromatic carbocycles. The van der Waals surface area contributed by atoms with E-state index in [-0.39, 0.29) is 5.91 Å². The topological polar surface area (TPSA) is 20.3 Å². The SMILES string of the molecule is Cc1ccc(N(C)C(=O)c2csc3c2CCC(C)C3)cc1. The van der Waals surface area contributed by atoms with Crippen molar-refractivity contribution < 1.29 is 4.79 Å². The predicted octanol–water partition coefficient (Wildman–Crippen LogP) is 4.46. The average molecular weight is 299 g/mol. The molecule has 2 nitrogen and oxygen atoms in total. The van der Waals surface area contributed by atoms with Gasteiger partial charge in [-0.25, -0.2) is 0 Å². The minimum absolute atomic E-state index is 0.117. The lowest BCUT2D eigenvalue weighted by Gasteiger charge is -2.21. The van der Waals surface area contributed by atoms with Gasteiger partial charge in [0.05, 0.1) is 5.56 Å². The number of carbonyl (C=O) groups excluding carboxylic acids is 1. The third-order valence-electron chi connectivity index (χ3n) is 4.36. The van der Waals surface area contributed by atoms with E-state index in [1.165, 1.54) is 22.4 Å². The van der Waals surface area contributed by atoms with Crippen molar-refractivity contribution >= 4 is 22.9 Å². The summed E-state index contributed by atoms with van der Waals surface area (Å²) in [6, 6.07) is 8.11. The van der Waals surface area contributed by atoms with Crippen LogP contribution in [0.5, 0.6) is 0 Å². The fraction of sp³-hybridized carbons (Fsp3) is 0.389. The summed E-state index contributed by atoms with van der Waals surface area (Å²) in [5.74, 6) is 0.861. The van der Waals surface area contributed by atoms with E-state index in [2.05, 4.69) is 19.2 Å². The molecule has 3 rings (SSSR count). The van der Waals surface area contributed by atoms with Crippen molar-refractivity contribution in [2.75, 3.05) is 11.9 Å². The lowest BCUT2D eigenvalue weighted by molar-refractivity contribution is 0.0992. The van der Waals surface area contributed by atoms with E-state index in [0.717, 1.165) is 30.0 Å². The van der Waals surface area contributed by atoms with E-state index in [0.29, 0.717) is 0 Å². The Hall–Kier alpha value is -1.61. The van der Waals surface area contributed by atoms with E-state index in [4.69, 9.17) is 0 Å². The highest BCUT2D eigenvalue weighted by Gasteiger charge is 2.25. The second-order valence-electron chi connectivity index (χ2n) is 6.10. The van der Waals surface area contributed by atoms with Gasteiger partial charge in [0.15, 0.2) is 0 Å². The van der Waals surface area contributed by atoms with E-state index in [1.54, 1.807) is 16.2 Å². The van der Waals surface area contributed by atoms with Crippen molar-refractivity contribution in [3.63, 3.8) is 0 Å². The van der Waals surface area contributed by atoms with Crippen LogP contribution in [0.15, 0.2) is 29.6 Å². The highest BCUT2D eigenvalue weighted by molar-refractivity contribution is 7.10. The van der Waals surface area contributed by atoms with E-state index in [9.17, 15) is 4.79 Å². The van der Waals surface area contributed by atoms with Gasteiger partial charge >= 0.3 is 0 Å². The van der Waals surface area contributed by atoms with Crippen molar-refractivity contribution in [1.82, 2.24) is 0 Å². The summed E-state index contributed by atoms with van der Waals surface area (Å²) in [4.78, 5) is 16.0. The lowest BCUT2D eigenvalue weighted by Crippen LogP contribution is -2.27. The summed E-state index contributed by atoms with van der Waals surface area (Å²) in [6.45, 7) is 4.35. The fourth-order valence-electron chi connectivity index (χ4n) is 2.92. The summed E-state index contributed by atoms with van der Waals surface area (Å²) in [6.07, 6.45) is 3.36. The molecule has 0 N–H and O–H groups in total. The number of amides is 1. The first-order valence-electron chi connectivity index (χ1n) is 7.50. The van der Waals surface area contributed by atoms with Crippen LogP contribution in [0.4, 0.5) is 5.69 Å². The largest absolute Gasteiger partial charge is 0.311 e. The molecule has 1 atom stereocenters. The fourth-order valence-corrected chi connectivity index (χ4v) is 4.16. The highest BCUT2D eigenvalue weighted by atomic mass is 32.1. The monoisotopic (exact) mass is 299 g/mol. The Balaban J connectivity index is 1.87. The van der Waals surface area contributed by atoms with Crippen LogP contribution in [0.2, 0.25) is 0 Å². The molecule has 21 heavy (non-hydrogen) atoms. The molecule has 0 radical (unpaired) electrons. The van der Waals surface area contributed by atoms with Gasteiger partial charge < -0.3 is 4.90 Å². The van der Waals surface area contributed by atoms with Crippen molar-refractivity contribution in [2.24, 2.45) is 5.92 Å². The zero-order valence-electron chi connectivity index (χ0n) is 12.8. The molecule has 1 heterocycles. The molecule has 110 valence electrons. The zero-order valence-corrected chi connectivity index (χ0v) is 13.7. The smallest absolute Gasteiger partial charge is 0.259 e. The Morgan fingerprint density at radius 1 is 1.29 bits per heavy atom. The quantitative estimate of drug-likeness (QED) is 0.802. The number of rotatable bonds is 2. The summed E-state index contributed by atoms with van der Waals surface area (Å²) < 4.78 is 0. The number of hydrogen-bond acceptors (Lipinski definition) is 2. The van der Waals surface area contributed by atoms with Crippen LogP contribution < -0.4 is 4.90 Å². The second kappa shape index (κ2) is 5.64. The first-order valence-corrected chi connectivity index (χ1v) is 8.38. The zero-order chi connectivity index (χ0) is 15.0. The maximum atomic E-state index is 12.8. The number of anilines is 1. The molecular formula is C18H21NOS. The van der Waals surface area contributed by atoms with Crippen LogP contribution in [0, 0.1) is 12.8 Å². The molecule has 1 aliphatic rings. The van der Waals surface area contributed by atoms with Gasteiger partial charge in [0.2, 0.25) is 0 Å². The van der Waals surface area contributed by atoms with Crippen LogP contribution in [-0.2, 0) is 12.8 Å². The number of hydrogen-bond donors (Lipinski definition) is 0. The van der Waals surface area contributed by atoms with Gasteiger partial charge in [-0.1, -0.05) is 24.6 Å². The Morgan fingerprint density at radius 3 is 2.71 bits per heavy atom. The Morgan fingerprint density at radius 2 is 2.00 bits per heavy atom. The molecule has 1 aliphatic carbocycles. The van der Waals surface area contributed by atoms with Crippen molar-refractivity contribution in [3.05, 3.63) is 51.2 Å². The number of aryl methyl sites for hydroxylation is 1. The second-order valence-corrected chi connectivity index (χ2v) is 7.06. The Kier molecular flexibility index (Phi) is 3.85. The Bertz CT molecular complexity index is 656. The molecule has 0 bridgehead atoms. The Labute approximate surface area is 130 Å². The van der Waals surface area contributed by atoms with Gasteiger partial charge in [0, 0.05) is 23.0 Å². The van der Waals surface area contributed by atoms with Crippen LogP contribution in [-0.4, -0.2) is 13.0 Å². The number of fused-ring (bicyclic) bond motifs is 1. The molecule has 0 saturated heterocycles. The third kappa shape index (κ3) is 2.75. The lowest BCUT2D eigenvalue weighted by atomic mass is 9.88. The summed E-state index contributed by atoms with van der Waals surface area (Å²) >= 11 is 1.75. The number of nitrogens with zero attached hydrogens (tertiary/aromatic N) is 1. The summed E-state index contributed by atoms with van der Waals surface area (Å²) in [5.41, 5.74) is 4.36. The molecular weight excluding hydrogens is 278 g/mol. The molecule has 1 amide bonds. The van der Waals surface area contributed by atoms with Crippen molar-refractivity contribution in [3.8, 4) is 0 Å². The van der Waals surface area contributed by atoms with E-state index >= 15 is 0 Å². The summed E-state index contributed by atoms with van der Waals surface area (Å²) in [5, 5.41) is 2.05. The number of carbonyl (C=O) groups is 1. The van der Waals surface area contributed by atoms with Gasteiger partial charge in [0.25, 0.3) is 5.91 Å². The van der Waals surface area contributed by atoms with E-state index < -0.39 is 0 Å². The van der Waals surface area contributed by atoms with Crippen LogP contribution >= 0.6 is 11.3 Å². The van der Waals surface area contributed by atoms with Gasteiger partial charge in [-0.05, 0) is 49.8 Å². The molecule has 0 spiro atoms. The molecule has 1 aromatic heterocycles. The average Bonchev–Trinajstić information content (AvgIpc) is 2.89. The number of thiophene rings is 1. The minimum Gasteiger partial charge on any atom is -0.311 e. The van der Waals surface area contributed by atoms with Crippen LogP contribution in [0.25, 0.3) is 0 Å². The maximum Gasteiger partial charge on any atom is 0.259 e. The van der Waals surface area contributed by atoms with Gasteiger partial charge in [-0.2, -0.15) is 0 Å². The first-order chi connectivity index (χ1) is 10.1. The standard InChI is InChI=1S/C18H21NOS/c1-12-4-7-14(8-5-12)19(3)18(20)16-11-21-17-10-13(2)6-9-15(16)17/h4-5,7-8,11,13H,6,9-10H2,1-3H3. The molecule has 0 aliphatic heterocycles. The van der Waals surface area contributed by atoms with Gasteiger partial charge in [-0.15, -0.1) is 11.3 Å². The van der Waals surface area contributed by atoms with Gasteiger partial charge in [0.1, 0.15) is 0 Å². The normalized spacial score (nSPS) is 17.4. The predicted molar refractivity (Wildman–Crippen MR) is 89.4 cm³/mol. The van der Waals surface area contributed by atoms with Crippen LogP contribution in [0.3, 0.4) is 0 Å². The maximum absolute atomic E-state index is 12.8. The molecule has 1 unspecified atom stereocenters. The third-order valence-corrected chi connectivity index (χ3v) is 5.41. The molecule has 2 aromatic rings. The van der Waals surface area contributed by atoms with Gasteiger partial charge in [-0.3, -0.25) is 4.79 Å². The van der Waals surface area contributed by atoms with Crippen molar-refractivity contribution in [1.29, 1.82) is 0 Å². The molecule has 3 heteroatoms. The molecule has 0 saturated carbocycles. The van der Waals surface area contributed by atoms with E-state index in [1.807, 2.05) is 31.3 Å². The number of benzene rings is 1. The highest BCUT2D eigenvalue weighted by Crippen LogP contribution is 2.33. The summed E-state index contributed by atoms with van der Waals surface area (Å²) in [7, 11) is 1.86. The minimum atomic E-state index is 0.117. The van der Waals surface area contributed by atoms with Crippen LogP contribution in [0.1, 0.15) is 39.7 Å². The molecule has 0 fully saturated rings. The van der Waals surface area contributed by atoms with Crippen molar-refractivity contribution in [2.45, 2.75) is 33.1 Å². The first kappa shape index (κ1) is 14.3.